The minimum atomic E-state index is -0.350. The number of fused-ring (bicyclic) bond motifs is 1. The second kappa shape index (κ2) is 4.86. The van der Waals surface area contributed by atoms with E-state index in [1.54, 1.807) is 18.2 Å². The van der Waals surface area contributed by atoms with Crippen LogP contribution in [0, 0.1) is 11.6 Å². The second-order valence-corrected chi connectivity index (χ2v) is 5.77. The second-order valence-electron chi connectivity index (χ2n) is 3.88. The lowest BCUT2D eigenvalue weighted by Crippen LogP contribution is -1.90. The van der Waals surface area contributed by atoms with Gasteiger partial charge in [0.05, 0.1) is 14.7 Å². The van der Waals surface area contributed by atoms with E-state index in [2.05, 4.69) is 26.2 Å². The van der Waals surface area contributed by atoms with Gasteiger partial charge in [-0.2, -0.15) is 0 Å². The molecule has 0 amide bonds. The molecule has 1 heterocycles. The molecule has 0 atom stereocenters. The van der Waals surface area contributed by atoms with E-state index in [1.807, 2.05) is 0 Å². The molecule has 0 spiro atoms. The van der Waals surface area contributed by atoms with Crippen molar-refractivity contribution in [1.82, 2.24) is 4.98 Å². The summed E-state index contributed by atoms with van der Waals surface area (Å²) in [5.41, 5.74) is 1.31. The summed E-state index contributed by atoms with van der Waals surface area (Å²) in [6.07, 6.45) is 0. The largest absolute Gasteiger partial charge is 0.331 e. The van der Waals surface area contributed by atoms with Crippen molar-refractivity contribution in [3.8, 4) is 0 Å². The Kier molecular flexibility index (Phi) is 3.20. The summed E-state index contributed by atoms with van der Waals surface area (Å²) in [7, 11) is 0. The van der Waals surface area contributed by atoms with Gasteiger partial charge in [0.15, 0.2) is 5.13 Å². The first kappa shape index (κ1) is 12.5. The van der Waals surface area contributed by atoms with Crippen LogP contribution >= 0.6 is 27.3 Å². The fourth-order valence-electron chi connectivity index (χ4n) is 1.65. The first-order valence-corrected chi connectivity index (χ1v) is 7.01. The zero-order chi connectivity index (χ0) is 13.4. The summed E-state index contributed by atoms with van der Waals surface area (Å²) in [6, 6.07) is 9.14. The molecular formula is C13H7BrF2N2S. The van der Waals surface area contributed by atoms with Gasteiger partial charge >= 0.3 is 0 Å². The Bertz CT molecular complexity index is 757. The van der Waals surface area contributed by atoms with Crippen LogP contribution in [0.25, 0.3) is 10.2 Å². The number of hydrogen-bond acceptors (Lipinski definition) is 3. The van der Waals surface area contributed by atoms with Gasteiger partial charge in [-0.25, -0.2) is 13.8 Å². The molecule has 0 saturated carbocycles. The number of anilines is 2. The summed E-state index contributed by atoms with van der Waals surface area (Å²) >= 11 is 4.41. The smallest absolute Gasteiger partial charge is 0.188 e. The minimum Gasteiger partial charge on any atom is -0.331 e. The predicted molar refractivity (Wildman–Crippen MR) is 77.0 cm³/mol. The maximum Gasteiger partial charge on any atom is 0.188 e. The van der Waals surface area contributed by atoms with Crippen LogP contribution < -0.4 is 5.32 Å². The average molecular weight is 341 g/mol. The van der Waals surface area contributed by atoms with Crippen LogP contribution in [0.15, 0.2) is 40.9 Å². The van der Waals surface area contributed by atoms with Gasteiger partial charge < -0.3 is 5.32 Å². The van der Waals surface area contributed by atoms with Crippen LogP contribution in [0.5, 0.6) is 0 Å². The van der Waals surface area contributed by atoms with Crippen molar-refractivity contribution < 1.29 is 8.78 Å². The molecule has 2 nitrogen and oxygen atoms in total. The third kappa shape index (κ3) is 2.59. The van der Waals surface area contributed by atoms with Crippen molar-refractivity contribution in [2.45, 2.75) is 0 Å². The minimum absolute atomic E-state index is 0.294. The van der Waals surface area contributed by atoms with Crippen LogP contribution in [-0.2, 0) is 0 Å². The highest BCUT2D eigenvalue weighted by atomic mass is 79.9. The van der Waals surface area contributed by atoms with Gasteiger partial charge in [-0.05, 0) is 52.3 Å². The van der Waals surface area contributed by atoms with E-state index in [1.165, 1.54) is 29.5 Å². The lowest BCUT2D eigenvalue weighted by molar-refractivity contribution is 0.622. The molecule has 3 aromatic rings. The molecular weight excluding hydrogens is 334 g/mol. The Morgan fingerprint density at radius 3 is 2.74 bits per heavy atom. The fourth-order valence-corrected chi connectivity index (χ4v) is 2.81. The maximum atomic E-state index is 13.4. The van der Waals surface area contributed by atoms with Crippen LogP contribution in [0.4, 0.5) is 19.6 Å². The van der Waals surface area contributed by atoms with Crippen LogP contribution in [0.1, 0.15) is 0 Å². The van der Waals surface area contributed by atoms with Gasteiger partial charge in [-0.3, -0.25) is 0 Å². The first-order valence-electron chi connectivity index (χ1n) is 5.40. The van der Waals surface area contributed by atoms with Gasteiger partial charge in [-0.1, -0.05) is 11.3 Å². The van der Waals surface area contributed by atoms with Crippen molar-refractivity contribution in [3.63, 3.8) is 0 Å². The molecule has 0 radical (unpaired) electrons. The monoisotopic (exact) mass is 340 g/mol. The third-order valence-corrected chi connectivity index (χ3v) is 4.10. The molecule has 0 saturated heterocycles. The summed E-state index contributed by atoms with van der Waals surface area (Å²) in [6.45, 7) is 0. The van der Waals surface area contributed by atoms with Crippen LogP contribution in [0.2, 0.25) is 0 Å². The number of thiazole rings is 1. The molecule has 2 aromatic carbocycles. The maximum absolute atomic E-state index is 13.4. The zero-order valence-corrected chi connectivity index (χ0v) is 11.9. The number of hydrogen-bond donors (Lipinski definition) is 1. The van der Waals surface area contributed by atoms with E-state index < -0.39 is 0 Å². The SMILES string of the molecule is Fc1ccc2nc(Nc3ccc(Br)c(F)c3)sc2c1. The van der Waals surface area contributed by atoms with Crippen molar-refractivity contribution in [2.24, 2.45) is 0 Å². The summed E-state index contributed by atoms with van der Waals surface area (Å²) in [4.78, 5) is 4.31. The van der Waals surface area contributed by atoms with E-state index in [-0.39, 0.29) is 11.6 Å². The zero-order valence-electron chi connectivity index (χ0n) is 9.45. The molecule has 1 N–H and O–H groups in total. The quantitative estimate of drug-likeness (QED) is 0.703. The molecule has 96 valence electrons. The number of rotatable bonds is 2. The topological polar surface area (TPSA) is 24.9 Å². The summed E-state index contributed by atoms with van der Waals surface area (Å²) in [5, 5.41) is 3.60. The van der Waals surface area contributed by atoms with Gasteiger partial charge in [-0.15, -0.1) is 0 Å². The third-order valence-electron chi connectivity index (χ3n) is 2.52. The highest BCUT2D eigenvalue weighted by Crippen LogP contribution is 2.29. The Labute approximate surface area is 120 Å². The fraction of sp³-hybridized carbons (Fsp3) is 0. The highest BCUT2D eigenvalue weighted by Gasteiger charge is 2.06. The Hall–Kier alpha value is -1.53. The average Bonchev–Trinajstić information content (AvgIpc) is 2.75. The number of halogens is 3. The molecule has 1 aromatic heterocycles. The van der Waals surface area contributed by atoms with E-state index in [0.717, 1.165) is 4.70 Å². The van der Waals surface area contributed by atoms with Crippen LogP contribution in [-0.4, -0.2) is 4.98 Å². The number of aromatic nitrogens is 1. The standard InChI is InChI=1S/C13H7BrF2N2S/c14-9-3-2-8(6-10(9)16)17-13-18-11-4-1-7(15)5-12(11)19-13/h1-6H,(H,17,18). The van der Waals surface area contributed by atoms with Crippen LogP contribution in [0.3, 0.4) is 0 Å². The molecule has 0 aliphatic heterocycles. The Morgan fingerprint density at radius 2 is 1.95 bits per heavy atom. The predicted octanol–water partition coefficient (Wildman–Crippen LogP) is 5.08. The van der Waals surface area contributed by atoms with E-state index >= 15 is 0 Å². The number of benzene rings is 2. The van der Waals surface area contributed by atoms with Gasteiger partial charge in [0.25, 0.3) is 0 Å². The molecule has 0 unspecified atom stereocenters. The Balaban J connectivity index is 1.94. The van der Waals surface area contributed by atoms with Crippen molar-refractivity contribution in [2.75, 3.05) is 5.32 Å². The van der Waals surface area contributed by atoms with Gasteiger partial charge in [0.1, 0.15) is 11.6 Å². The van der Waals surface area contributed by atoms with Crippen molar-refractivity contribution in [3.05, 3.63) is 52.5 Å². The lowest BCUT2D eigenvalue weighted by Gasteiger charge is -2.02. The number of nitrogens with zero attached hydrogens (tertiary/aromatic N) is 1. The molecule has 0 aliphatic carbocycles. The number of nitrogens with one attached hydrogen (secondary N) is 1. The summed E-state index contributed by atoms with van der Waals surface area (Å²) in [5.74, 6) is -0.644. The normalized spacial score (nSPS) is 10.9. The lowest BCUT2D eigenvalue weighted by atomic mass is 10.3. The molecule has 19 heavy (non-hydrogen) atoms. The van der Waals surface area contributed by atoms with Crippen molar-refractivity contribution in [1.29, 1.82) is 0 Å². The van der Waals surface area contributed by atoms with Gasteiger partial charge in [0.2, 0.25) is 0 Å². The highest BCUT2D eigenvalue weighted by molar-refractivity contribution is 9.10. The first-order chi connectivity index (χ1) is 9.11. The molecule has 0 aliphatic rings. The molecule has 6 heteroatoms. The van der Waals surface area contributed by atoms with E-state index in [0.29, 0.717) is 20.8 Å². The Morgan fingerprint density at radius 1 is 1.11 bits per heavy atom. The van der Waals surface area contributed by atoms with E-state index in [4.69, 9.17) is 0 Å². The molecule has 0 fully saturated rings. The van der Waals surface area contributed by atoms with Gasteiger partial charge in [0, 0.05) is 5.69 Å². The van der Waals surface area contributed by atoms with Crippen molar-refractivity contribution >= 4 is 48.3 Å². The van der Waals surface area contributed by atoms with E-state index in [9.17, 15) is 8.78 Å². The summed E-state index contributed by atoms with van der Waals surface area (Å²) < 4.78 is 27.6. The molecule has 0 bridgehead atoms. The molecule has 3 rings (SSSR count).